The Hall–Kier alpha value is -0.610. The monoisotopic (exact) mass is 242 g/mol. The first-order chi connectivity index (χ1) is 7.97. The molecule has 0 aromatic carbocycles. The van der Waals surface area contributed by atoms with Gasteiger partial charge in [-0.05, 0) is 46.7 Å². The van der Waals surface area contributed by atoms with E-state index in [4.69, 9.17) is 4.74 Å². The Labute approximate surface area is 105 Å². The third-order valence-corrected chi connectivity index (χ3v) is 3.91. The van der Waals surface area contributed by atoms with Crippen molar-refractivity contribution in [3.05, 3.63) is 0 Å². The Morgan fingerprint density at radius 2 is 2.24 bits per heavy atom. The smallest absolute Gasteiger partial charge is 0.323 e. The molecule has 4 heteroatoms. The molecule has 1 rings (SSSR count). The standard InChI is InChI=1S/C13H26N2O2/c1-5-13(2,3)15(4)9-10-17-12(16)11-7-6-8-14-11/h11,14H,5-10H2,1-4H3/t11-/m0/s1. The van der Waals surface area contributed by atoms with Gasteiger partial charge in [0.1, 0.15) is 12.6 Å². The van der Waals surface area contributed by atoms with Crippen LogP contribution >= 0.6 is 0 Å². The van der Waals surface area contributed by atoms with Gasteiger partial charge in [-0.15, -0.1) is 0 Å². The van der Waals surface area contributed by atoms with Crippen molar-refractivity contribution in [2.75, 3.05) is 26.7 Å². The first-order valence-corrected chi connectivity index (χ1v) is 6.58. The normalized spacial score (nSPS) is 20.9. The number of carbonyl (C=O) groups excluding carboxylic acids is 1. The molecule has 0 radical (unpaired) electrons. The zero-order chi connectivity index (χ0) is 12.9. The minimum Gasteiger partial charge on any atom is -0.463 e. The zero-order valence-electron chi connectivity index (χ0n) is 11.6. The largest absolute Gasteiger partial charge is 0.463 e. The van der Waals surface area contributed by atoms with Crippen molar-refractivity contribution in [3.8, 4) is 0 Å². The molecule has 4 nitrogen and oxygen atoms in total. The molecule has 1 aliphatic rings. The van der Waals surface area contributed by atoms with E-state index in [1.165, 1.54) is 0 Å². The summed E-state index contributed by atoms with van der Waals surface area (Å²) in [4.78, 5) is 13.9. The molecule has 1 saturated heterocycles. The number of ether oxygens (including phenoxy) is 1. The van der Waals surface area contributed by atoms with Gasteiger partial charge in [0.05, 0.1) is 0 Å². The molecule has 0 bridgehead atoms. The SMILES string of the molecule is CCC(C)(C)N(C)CCOC(=O)[C@@H]1CCCN1. The molecule has 100 valence electrons. The second-order valence-corrected chi connectivity index (χ2v) is 5.40. The first kappa shape index (κ1) is 14.5. The minimum absolute atomic E-state index is 0.0699. The van der Waals surface area contributed by atoms with Crippen LogP contribution in [-0.4, -0.2) is 49.2 Å². The van der Waals surface area contributed by atoms with Gasteiger partial charge in [-0.2, -0.15) is 0 Å². The van der Waals surface area contributed by atoms with Gasteiger partial charge >= 0.3 is 5.97 Å². The molecular weight excluding hydrogens is 216 g/mol. The topological polar surface area (TPSA) is 41.6 Å². The Balaban J connectivity index is 2.21. The molecule has 17 heavy (non-hydrogen) atoms. The average molecular weight is 242 g/mol. The molecule has 0 saturated carbocycles. The lowest BCUT2D eigenvalue weighted by Crippen LogP contribution is -2.43. The van der Waals surface area contributed by atoms with Gasteiger partial charge in [-0.3, -0.25) is 9.69 Å². The Morgan fingerprint density at radius 3 is 2.76 bits per heavy atom. The van der Waals surface area contributed by atoms with E-state index in [2.05, 4.69) is 38.0 Å². The number of hydrogen-bond acceptors (Lipinski definition) is 4. The number of rotatable bonds is 6. The van der Waals surface area contributed by atoms with E-state index in [9.17, 15) is 4.79 Å². The van der Waals surface area contributed by atoms with Gasteiger partial charge in [0.2, 0.25) is 0 Å². The predicted molar refractivity (Wildman–Crippen MR) is 69.0 cm³/mol. The third-order valence-electron chi connectivity index (χ3n) is 3.91. The lowest BCUT2D eigenvalue weighted by molar-refractivity contribution is -0.146. The number of carbonyl (C=O) groups is 1. The molecule has 1 fully saturated rings. The maximum Gasteiger partial charge on any atom is 0.323 e. The molecule has 0 unspecified atom stereocenters. The highest BCUT2D eigenvalue weighted by atomic mass is 16.5. The van der Waals surface area contributed by atoms with Crippen LogP contribution in [0.25, 0.3) is 0 Å². The quantitative estimate of drug-likeness (QED) is 0.715. The third kappa shape index (κ3) is 4.28. The molecule has 0 spiro atoms. The maximum absolute atomic E-state index is 11.6. The summed E-state index contributed by atoms with van der Waals surface area (Å²) in [5.41, 5.74) is 0.165. The van der Waals surface area contributed by atoms with E-state index in [0.717, 1.165) is 32.4 Å². The second kappa shape index (κ2) is 6.36. The van der Waals surface area contributed by atoms with Crippen LogP contribution in [0.5, 0.6) is 0 Å². The lowest BCUT2D eigenvalue weighted by atomic mass is 10.0. The number of nitrogens with zero attached hydrogens (tertiary/aromatic N) is 1. The zero-order valence-corrected chi connectivity index (χ0v) is 11.6. The van der Waals surface area contributed by atoms with E-state index >= 15 is 0 Å². The van der Waals surface area contributed by atoms with E-state index in [-0.39, 0.29) is 17.6 Å². The van der Waals surface area contributed by atoms with Gasteiger partial charge in [0, 0.05) is 12.1 Å². The number of hydrogen-bond donors (Lipinski definition) is 1. The summed E-state index contributed by atoms with van der Waals surface area (Å²) in [6.07, 6.45) is 3.07. The molecule has 0 aliphatic carbocycles. The highest BCUT2D eigenvalue weighted by Crippen LogP contribution is 2.15. The Kier molecular flexibility index (Phi) is 5.40. The van der Waals surface area contributed by atoms with Crippen molar-refractivity contribution >= 4 is 5.97 Å². The number of esters is 1. The van der Waals surface area contributed by atoms with Gasteiger partial charge in [0.25, 0.3) is 0 Å². The lowest BCUT2D eigenvalue weighted by Gasteiger charge is -2.34. The van der Waals surface area contributed by atoms with Crippen LogP contribution in [0.15, 0.2) is 0 Å². The summed E-state index contributed by atoms with van der Waals surface area (Å²) in [6.45, 7) is 8.78. The maximum atomic E-state index is 11.6. The van der Waals surface area contributed by atoms with Crippen LogP contribution in [0, 0.1) is 0 Å². The molecule has 1 atom stereocenters. The summed E-state index contributed by atoms with van der Waals surface area (Å²) < 4.78 is 5.29. The summed E-state index contributed by atoms with van der Waals surface area (Å²) in [5.74, 6) is -0.0924. The average Bonchev–Trinajstić information content (AvgIpc) is 2.82. The van der Waals surface area contributed by atoms with Crippen molar-refractivity contribution in [2.24, 2.45) is 0 Å². The molecule has 0 aromatic rings. The van der Waals surface area contributed by atoms with Gasteiger partial charge in [0.15, 0.2) is 0 Å². The van der Waals surface area contributed by atoms with Crippen molar-refractivity contribution < 1.29 is 9.53 Å². The first-order valence-electron chi connectivity index (χ1n) is 6.58. The van der Waals surface area contributed by atoms with Crippen molar-refractivity contribution in [3.63, 3.8) is 0 Å². The number of nitrogens with one attached hydrogen (secondary N) is 1. The van der Waals surface area contributed by atoms with Gasteiger partial charge in [-0.25, -0.2) is 0 Å². The van der Waals surface area contributed by atoms with Crippen molar-refractivity contribution in [1.82, 2.24) is 10.2 Å². The fourth-order valence-corrected chi connectivity index (χ4v) is 1.84. The predicted octanol–water partition coefficient (Wildman–Crippen LogP) is 1.40. The highest BCUT2D eigenvalue weighted by molar-refractivity contribution is 5.76. The van der Waals surface area contributed by atoms with Crippen molar-refractivity contribution in [1.29, 1.82) is 0 Å². The van der Waals surface area contributed by atoms with Crippen LogP contribution in [-0.2, 0) is 9.53 Å². The summed E-state index contributed by atoms with van der Waals surface area (Å²) in [7, 11) is 2.07. The fraction of sp³-hybridized carbons (Fsp3) is 0.923. The van der Waals surface area contributed by atoms with Crippen LogP contribution in [0.3, 0.4) is 0 Å². The Bertz CT molecular complexity index is 248. The second-order valence-electron chi connectivity index (χ2n) is 5.40. The van der Waals surface area contributed by atoms with E-state index < -0.39 is 0 Å². The minimum atomic E-state index is -0.0924. The van der Waals surface area contributed by atoms with E-state index in [1.807, 2.05) is 0 Å². The van der Waals surface area contributed by atoms with Crippen LogP contribution in [0.2, 0.25) is 0 Å². The molecular formula is C13H26N2O2. The van der Waals surface area contributed by atoms with Crippen LogP contribution in [0.4, 0.5) is 0 Å². The molecule has 1 heterocycles. The molecule has 1 N–H and O–H groups in total. The molecule has 1 aliphatic heterocycles. The van der Waals surface area contributed by atoms with Crippen LogP contribution < -0.4 is 5.32 Å². The molecule has 0 amide bonds. The fourth-order valence-electron chi connectivity index (χ4n) is 1.84. The molecule has 0 aromatic heterocycles. The van der Waals surface area contributed by atoms with E-state index in [0.29, 0.717) is 6.61 Å². The summed E-state index contributed by atoms with van der Waals surface area (Å²) in [5, 5.41) is 3.15. The number of likely N-dealkylation sites (N-methyl/N-ethyl adjacent to an activating group) is 1. The van der Waals surface area contributed by atoms with Gasteiger partial charge in [-0.1, -0.05) is 6.92 Å². The van der Waals surface area contributed by atoms with Gasteiger partial charge < -0.3 is 10.1 Å². The summed E-state index contributed by atoms with van der Waals surface area (Å²) in [6, 6.07) is -0.0699. The van der Waals surface area contributed by atoms with Crippen molar-refractivity contribution in [2.45, 2.75) is 51.6 Å². The van der Waals surface area contributed by atoms with E-state index in [1.54, 1.807) is 0 Å². The summed E-state index contributed by atoms with van der Waals surface area (Å²) >= 11 is 0. The highest BCUT2D eigenvalue weighted by Gasteiger charge is 2.24. The van der Waals surface area contributed by atoms with Crippen LogP contribution in [0.1, 0.15) is 40.0 Å². The Morgan fingerprint density at radius 1 is 1.53 bits per heavy atom.